The molecule has 19 heavy (non-hydrogen) atoms. The van der Waals surface area contributed by atoms with E-state index in [0.717, 1.165) is 13.0 Å². The molecule has 1 aromatic carbocycles. The highest BCUT2D eigenvalue weighted by Gasteiger charge is 2.23. The van der Waals surface area contributed by atoms with Gasteiger partial charge in [0.2, 0.25) is 0 Å². The summed E-state index contributed by atoms with van der Waals surface area (Å²) in [7, 11) is 0. The van der Waals surface area contributed by atoms with Gasteiger partial charge in [0.25, 0.3) is 5.91 Å². The lowest BCUT2D eigenvalue weighted by molar-refractivity contribution is 0.0696. The van der Waals surface area contributed by atoms with Crippen molar-refractivity contribution < 1.29 is 19.4 Å². The van der Waals surface area contributed by atoms with Gasteiger partial charge in [0.15, 0.2) is 0 Å². The van der Waals surface area contributed by atoms with E-state index in [1.165, 1.54) is 24.3 Å². The first kappa shape index (κ1) is 13.5. The van der Waals surface area contributed by atoms with Crippen LogP contribution in [0.2, 0.25) is 0 Å². The number of carboxylic acid groups (broad SMARTS) is 1. The quantitative estimate of drug-likeness (QED) is 0.864. The van der Waals surface area contributed by atoms with Gasteiger partial charge in [-0.25, -0.2) is 4.79 Å². The minimum atomic E-state index is -0.997. The summed E-state index contributed by atoms with van der Waals surface area (Å²) in [5.41, 5.74) is 0.643. The summed E-state index contributed by atoms with van der Waals surface area (Å²) in [6.07, 6.45) is 0.958. The van der Waals surface area contributed by atoms with Crippen molar-refractivity contribution in [2.24, 2.45) is 5.92 Å². The highest BCUT2D eigenvalue weighted by Crippen LogP contribution is 2.16. The van der Waals surface area contributed by atoms with Crippen LogP contribution in [0.5, 0.6) is 0 Å². The number of hydrogen-bond donors (Lipinski definition) is 2. The molecular weight excluding hydrogens is 246 g/mol. The number of hydrogen-bond acceptors (Lipinski definition) is 3. The van der Waals surface area contributed by atoms with E-state index in [4.69, 9.17) is 9.84 Å². The highest BCUT2D eigenvalue weighted by atomic mass is 16.5. The summed E-state index contributed by atoms with van der Waals surface area (Å²) in [4.78, 5) is 22.7. The molecule has 0 saturated carbocycles. The minimum Gasteiger partial charge on any atom is -0.478 e. The first-order valence-electron chi connectivity index (χ1n) is 6.30. The predicted molar refractivity (Wildman–Crippen MR) is 69.3 cm³/mol. The molecule has 1 fully saturated rings. The van der Waals surface area contributed by atoms with Crippen molar-refractivity contribution in [3.63, 3.8) is 0 Å². The van der Waals surface area contributed by atoms with Crippen molar-refractivity contribution in [2.75, 3.05) is 13.2 Å². The molecule has 0 aliphatic carbocycles. The maximum Gasteiger partial charge on any atom is 0.335 e. The van der Waals surface area contributed by atoms with Crippen molar-refractivity contribution in [1.29, 1.82) is 0 Å². The topological polar surface area (TPSA) is 75.6 Å². The summed E-state index contributed by atoms with van der Waals surface area (Å²) < 4.78 is 5.29. The number of nitrogens with one attached hydrogen (secondary N) is 1. The van der Waals surface area contributed by atoms with Crippen LogP contribution in [0.25, 0.3) is 0 Å². The number of amides is 1. The zero-order valence-corrected chi connectivity index (χ0v) is 10.8. The van der Waals surface area contributed by atoms with E-state index in [0.29, 0.717) is 18.1 Å². The Labute approximate surface area is 111 Å². The third-order valence-corrected chi connectivity index (χ3v) is 3.42. The molecule has 0 radical (unpaired) electrons. The zero-order valence-electron chi connectivity index (χ0n) is 10.8. The maximum absolute atomic E-state index is 12.0. The van der Waals surface area contributed by atoms with Gasteiger partial charge in [0, 0.05) is 24.1 Å². The van der Waals surface area contributed by atoms with Crippen molar-refractivity contribution >= 4 is 11.9 Å². The van der Waals surface area contributed by atoms with Crippen molar-refractivity contribution in [2.45, 2.75) is 19.4 Å². The number of ether oxygens (including phenoxy) is 1. The molecule has 1 aliphatic rings. The Bertz CT molecular complexity index is 463. The predicted octanol–water partition coefficient (Wildman–Crippen LogP) is 1.54. The number of carbonyl (C=O) groups is 2. The minimum absolute atomic E-state index is 0.0501. The highest BCUT2D eigenvalue weighted by molar-refractivity contribution is 5.96. The van der Waals surface area contributed by atoms with E-state index < -0.39 is 5.97 Å². The fourth-order valence-corrected chi connectivity index (χ4v) is 2.12. The summed E-state index contributed by atoms with van der Waals surface area (Å²) in [6.45, 7) is 3.39. The standard InChI is InChI=1S/C14H17NO4/c1-9(12-6-7-19-8-12)15-13(16)10-2-4-11(5-3-10)14(17)18/h2-5,9,12H,6-8H2,1H3,(H,15,16)(H,17,18)/t9-,12-/m1/s1. The normalized spacial score (nSPS) is 19.9. The van der Waals surface area contributed by atoms with Crippen LogP contribution in [0.4, 0.5) is 0 Å². The molecule has 2 rings (SSSR count). The van der Waals surface area contributed by atoms with Crippen LogP contribution >= 0.6 is 0 Å². The van der Waals surface area contributed by atoms with Crippen molar-refractivity contribution in [3.05, 3.63) is 35.4 Å². The SMILES string of the molecule is C[C@@H](NC(=O)c1ccc(C(=O)O)cc1)[C@@H]1CCOC1. The van der Waals surface area contributed by atoms with Crippen LogP contribution in [0, 0.1) is 5.92 Å². The van der Waals surface area contributed by atoms with Crippen molar-refractivity contribution in [1.82, 2.24) is 5.32 Å². The molecule has 2 atom stereocenters. The third-order valence-electron chi connectivity index (χ3n) is 3.42. The van der Waals surface area contributed by atoms with E-state index in [1.54, 1.807) is 0 Å². The summed E-state index contributed by atoms with van der Waals surface area (Å²) in [6, 6.07) is 5.96. The van der Waals surface area contributed by atoms with Crippen molar-refractivity contribution in [3.8, 4) is 0 Å². The molecule has 1 heterocycles. The molecule has 1 aromatic rings. The zero-order chi connectivity index (χ0) is 13.8. The summed E-state index contributed by atoms with van der Waals surface area (Å²) >= 11 is 0. The summed E-state index contributed by atoms with van der Waals surface area (Å²) in [5, 5.41) is 11.7. The van der Waals surface area contributed by atoms with Gasteiger partial charge in [0.05, 0.1) is 12.2 Å². The van der Waals surface area contributed by atoms with Gasteiger partial charge >= 0.3 is 5.97 Å². The average molecular weight is 263 g/mol. The van der Waals surface area contributed by atoms with Crippen LogP contribution < -0.4 is 5.32 Å². The monoisotopic (exact) mass is 263 g/mol. The number of benzene rings is 1. The second-order valence-corrected chi connectivity index (χ2v) is 4.77. The average Bonchev–Trinajstić information content (AvgIpc) is 2.92. The van der Waals surface area contributed by atoms with Crippen LogP contribution in [0.3, 0.4) is 0 Å². The number of aromatic carboxylic acids is 1. The van der Waals surface area contributed by atoms with Gasteiger partial charge in [-0.3, -0.25) is 4.79 Å². The Morgan fingerprint density at radius 1 is 1.32 bits per heavy atom. The Kier molecular flexibility index (Phi) is 4.16. The molecule has 1 aliphatic heterocycles. The second kappa shape index (κ2) is 5.84. The van der Waals surface area contributed by atoms with Gasteiger partial charge in [-0.2, -0.15) is 0 Å². The molecular formula is C14H17NO4. The molecule has 0 unspecified atom stereocenters. The fourth-order valence-electron chi connectivity index (χ4n) is 2.12. The molecule has 102 valence electrons. The van der Waals surface area contributed by atoms with Crippen LogP contribution in [-0.4, -0.2) is 36.2 Å². The largest absolute Gasteiger partial charge is 0.478 e. The third kappa shape index (κ3) is 3.32. The van der Waals surface area contributed by atoms with Gasteiger partial charge < -0.3 is 15.2 Å². The lowest BCUT2D eigenvalue weighted by atomic mass is 10.0. The van der Waals surface area contributed by atoms with E-state index in [2.05, 4.69) is 5.32 Å². The number of carboxylic acids is 1. The molecule has 5 nitrogen and oxygen atoms in total. The first-order valence-corrected chi connectivity index (χ1v) is 6.30. The van der Waals surface area contributed by atoms with E-state index in [1.807, 2.05) is 6.92 Å². The lowest BCUT2D eigenvalue weighted by Crippen LogP contribution is -2.38. The molecule has 0 spiro atoms. The van der Waals surface area contributed by atoms with Crippen LogP contribution in [0.1, 0.15) is 34.1 Å². The van der Waals surface area contributed by atoms with E-state index >= 15 is 0 Å². The fraction of sp³-hybridized carbons (Fsp3) is 0.429. The maximum atomic E-state index is 12.0. The molecule has 5 heteroatoms. The second-order valence-electron chi connectivity index (χ2n) is 4.77. The first-order chi connectivity index (χ1) is 9.08. The molecule has 0 aromatic heterocycles. The molecule has 2 N–H and O–H groups in total. The Morgan fingerprint density at radius 3 is 2.47 bits per heavy atom. The number of rotatable bonds is 4. The lowest BCUT2D eigenvalue weighted by Gasteiger charge is -2.19. The van der Waals surface area contributed by atoms with Gasteiger partial charge in [-0.1, -0.05) is 0 Å². The van der Waals surface area contributed by atoms with E-state index in [-0.39, 0.29) is 17.5 Å². The summed E-state index contributed by atoms with van der Waals surface area (Å²) in [5.74, 6) is -0.831. The smallest absolute Gasteiger partial charge is 0.335 e. The van der Waals surface area contributed by atoms with E-state index in [9.17, 15) is 9.59 Å². The number of carbonyl (C=O) groups excluding carboxylic acids is 1. The van der Waals surface area contributed by atoms with Crippen LogP contribution in [0.15, 0.2) is 24.3 Å². The Balaban J connectivity index is 1.97. The van der Waals surface area contributed by atoms with Gasteiger partial charge in [-0.05, 0) is 37.6 Å². The molecule has 0 bridgehead atoms. The Morgan fingerprint density at radius 2 is 1.95 bits per heavy atom. The van der Waals surface area contributed by atoms with Crippen LogP contribution in [-0.2, 0) is 4.74 Å². The molecule has 1 amide bonds. The van der Waals surface area contributed by atoms with Gasteiger partial charge in [-0.15, -0.1) is 0 Å². The Hall–Kier alpha value is -1.88. The molecule has 1 saturated heterocycles. The van der Waals surface area contributed by atoms with Gasteiger partial charge in [0.1, 0.15) is 0 Å².